The molecule has 7 nitrogen and oxygen atoms in total. The highest BCUT2D eigenvalue weighted by molar-refractivity contribution is 5.69. The third kappa shape index (κ3) is 3.23. The largest absolute Gasteiger partial charge is 0.469 e. The molecule has 6 atom stereocenters. The number of hydrogen-bond acceptors (Lipinski definition) is 7. The second kappa shape index (κ2) is 6.95. The fourth-order valence-corrected chi connectivity index (χ4v) is 4.63. The topological polar surface area (TPSA) is 80.3 Å². The summed E-state index contributed by atoms with van der Waals surface area (Å²) in [5, 5.41) is 0. The summed E-state index contributed by atoms with van der Waals surface area (Å²) in [5.41, 5.74) is 0. The molecule has 0 aromatic carbocycles. The number of carbonyl (C=O) groups excluding carboxylic acids is 2. The molecule has 0 aromatic heterocycles. The van der Waals surface area contributed by atoms with Crippen molar-refractivity contribution in [3.8, 4) is 0 Å². The molecule has 3 heterocycles. The van der Waals surface area contributed by atoms with Crippen LogP contribution in [0.3, 0.4) is 0 Å². The van der Waals surface area contributed by atoms with E-state index in [9.17, 15) is 9.59 Å². The molecule has 3 saturated heterocycles. The van der Waals surface area contributed by atoms with Crippen LogP contribution in [0.4, 0.5) is 0 Å². The lowest BCUT2D eigenvalue weighted by Crippen LogP contribution is -2.60. The summed E-state index contributed by atoms with van der Waals surface area (Å²) in [6, 6.07) is 0. The molecular formula is C18H26O7. The van der Waals surface area contributed by atoms with E-state index < -0.39 is 18.0 Å². The number of rotatable bonds is 3. The second-order valence-electron chi connectivity index (χ2n) is 7.49. The molecule has 140 valence electrons. The van der Waals surface area contributed by atoms with Crippen molar-refractivity contribution >= 4 is 12.3 Å². The van der Waals surface area contributed by atoms with Crippen LogP contribution in [0.1, 0.15) is 51.4 Å². The van der Waals surface area contributed by atoms with Gasteiger partial charge in [0.15, 0.2) is 12.1 Å². The molecule has 4 fully saturated rings. The van der Waals surface area contributed by atoms with Gasteiger partial charge in [0.25, 0.3) is 0 Å². The number of esters is 1. The summed E-state index contributed by atoms with van der Waals surface area (Å²) in [4.78, 5) is 23.1. The standard InChI is InChI=1S/C18H26O7/c1-21-14(20)9-11-5-6-12-15(22-11)17-16(13(10-19)23-12)24-18(25-17)7-3-2-4-8-18/h10-13,15-17H,2-9H2,1H3/t11?,12?,13-,15-,16+,17?/m0/s1. The fourth-order valence-electron chi connectivity index (χ4n) is 4.63. The Morgan fingerprint density at radius 3 is 2.56 bits per heavy atom. The van der Waals surface area contributed by atoms with Gasteiger partial charge in [-0.3, -0.25) is 4.79 Å². The maximum absolute atomic E-state index is 11.6. The number of aldehydes is 1. The van der Waals surface area contributed by atoms with Crippen molar-refractivity contribution in [1.82, 2.24) is 0 Å². The number of hydrogen-bond donors (Lipinski definition) is 0. The molecule has 0 radical (unpaired) electrons. The van der Waals surface area contributed by atoms with Crippen LogP contribution in [-0.4, -0.2) is 61.8 Å². The van der Waals surface area contributed by atoms with Gasteiger partial charge < -0.3 is 28.5 Å². The van der Waals surface area contributed by atoms with Crippen LogP contribution in [0.25, 0.3) is 0 Å². The number of methoxy groups -OCH3 is 1. The average molecular weight is 354 g/mol. The van der Waals surface area contributed by atoms with E-state index in [2.05, 4.69) is 0 Å². The van der Waals surface area contributed by atoms with E-state index in [0.29, 0.717) is 6.42 Å². The van der Waals surface area contributed by atoms with Gasteiger partial charge in [-0.15, -0.1) is 0 Å². The first-order chi connectivity index (χ1) is 12.1. The van der Waals surface area contributed by atoms with Gasteiger partial charge in [-0.25, -0.2) is 0 Å². The zero-order chi connectivity index (χ0) is 17.4. The van der Waals surface area contributed by atoms with Crippen LogP contribution in [0.2, 0.25) is 0 Å². The first kappa shape index (κ1) is 17.4. The Balaban J connectivity index is 1.51. The summed E-state index contributed by atoms with van der Waals surface area (Å²) in [7, 11) is 1.38. The van der Waals surface area contributed by atoms with Crippen molar-refractivity contribution in [1.29, 1.82) is 0 Å². The van der Waals surface area contributed by atoms with Crippen LogP contribution in [-0.2, 0) is 33.3 Å². The summed E-state index contributed by atoms with van der Waals surface area (Å²) in [6.45, 7) is 0. The minimum Gasteiger partial charge on any atom is -0.469 e. The van der Waals surface area contributed by atoms with Crippen LogP contribution < -0.4 is 0 Å². The number of ether oxygens (including phenoxy) is 5. The van der Waals surface area contributed by atoms with E-state index in [1.54, 1.807) is 0 Å². The Kier molecular flexibility index (Phi) is 4.83. The predicted molar refractivity (Wildman–Crippen MR) is 84.8 cm³/mol. The monoisotopic (exact) mass is 354 g/mol. The van der Waals surface area contributed by atoms with E-state index in [-0.39, 0.29) is 36.8 Å². The van der Waals surface area contributed by atoms with Crippen molar-refractivity contribution < 1.29 is 33.3 Å². The molecule has 3 unspecified atom stereocenters. The molecule has 0 bridgehead atoms. The number of fused-ring (bicyclic) bond motifs is 3. The van der Waals surface area contributed by atoms with E-state index in [0.717, 1.165) is 38.4 Å². The Labute approximate surface area is 147 Å². The average Bonchev–Trinajstić information content (AvgIpc) is 3.00. The Bertz CT molecular complexity index is 516. The summed E-state index contributed by atoms with van der Waals surface area (Å²) < 4.78 is 29.5. The van der Waals surface area contributed by atoms with Crippen molar-refractivity contribution in [3.63, 3.8) is 0 Å². The molecule has 4 rings (SSSR count). The maximum Gasteiger partial charge on any atom is 0.308 e. The zero-order valence-corrected chi connectivity index (χ0v) is 14.6. The maximum atomic E-state index is 11.6. The SMILES string of the molecule is COC(=O)CC1CCC2O[C@@H](C=O)[C@H]3OC4(CCCCC4)OC3[C@H]2O1. The first-order valence-electron chi connectivity index (χ1n) is 9.33. The van der Waals surface area contributed by atoms with Gasteiger partial charge in [-0.05, 0) is 25.7 Å². The third-order valence-electron chi connectivity index (χ3n) is 5.87. The van der Waals surface area contributed by atoms with Crippen molar-refractivity contribution in [2.45, 2.75) is 93.8 Å². The summed E-state index contributed by atoms with van der Waals surface area (Å²) in [6.07, 6.45) is 5.36. The van der Waals surface area contributed by atoms with Crippen molar-refractivity contribution in [2.75, 3.05) is 7.11 Å². The Hall–Kier alpha value is -1.02. The van der Waals surface area contributed by atoms with Crippen LogP contribution in [0, 0.1) is 0 Å². The first-order valence-corrected chi connectivity index (χ1v) is 9.33. The van der Waals surface area contributed by atoms with Crippen LogP contribution in [0.15, 0.2) is 0 Å². The molecule has 7 heteroatoms. The minimum atomic E-state index is -0.617. The lowest BCUT2D eigenvalue weighted by Gasteiger charge is -2.45. The molecule has 1 spiro atoms. The molecule has 3 aliphatic heterocycles. The zero-order valence-electron chi connectivity index (χ0n) is 14.6. The predicted octanol–water partition coefficient (Wildman–Crippen LogP) is 1.51. The van der Waals surface area contributed by atoms with Gasteiger partial charge in [0.2, 0.25) is 0 Å². The Morgan fingerprint density at radius 1 is 1.08 bits per heavy atom. The van der Waals surface area contributed by atoms with Gasteiger partial charge in [0.1, 0.15) is 24.4 Å². The fraction of sp³-hybridized carbons (Fsp3) is 0.889. The quantitative estimate of drug-likeness (QED) is 0.561. The normalized spacial score (nSPS) is 42.4. The molecule has 0 N–H and O–H groups in total. The lowest BCUT2D eigenvalue weighted by molar-refractivity contribution is -0.235. The van der Waals surface area contributed by atoms with Gasteiger partial charge in [-0.2, -0.15) is 0 Å². The summed E-state index contributed by atoms with van der Waals surface area (Å²) >= 11 is 0. The lowest BCUT2D eigenvalue weighted by atomic mass is 9.89. The van der Waals surface area contributed by atoms with Crippen molar-refractivity contribution in [3.05, 3.63) is 0 Å². The van der Waals surface area contributed by atoms with E-state index in [4.69, 9.17) is 23.7 Å². The van der Waals surface area contributed by atoms with Gasteiger partial charge >= 0.3 is 5.97 Å². The minimum absolute atomic E-state index is 0.201. The Morgan fingerprint density at radius 2 is 1.84 bits per heavy atom. The van der Waals surface area contributed by atoms with Gasteiger partial charge in [0.05, 0.1) is 25.7 Å². The number of carbonyl (C=O) groups is 2. The van der Waals surface area contributed by atoms with Crippen molar-refractivity contribution in [2.24, 2.45) is 0 Å². The highest BCUT2D eigenvalue weighted by Crippen LogP contribution is 2.47. The van der Waals surface area contributed by atoms with Gasteiger partial charge in [0, 0.05) is 12.8 Å². The van der Waals surface area contributed by atoms with Crippen LogP contribution in [0.5, 0.6) is 0 Å². The third-order valence-corrected chi connectivity index (χ3v) is 5.87. The molecule has 1 saturated carbocycles. The molecule has 1 aliphatic carbocycles. The molecule has 0 aromatic rings. The second-order valence-corrected chi connectivity index (χ2v) is 7.49. The van der Waals surface area contributed by atoms with Crippen LogP contribution >= 0.6 is 0 Å². The van der Waals surface area contributed by atoms with E-state index in [1.807, 2.05) is 0 Å². The highest BCUT2D eigenvalue weighted by Gasteiger charge is 2.59. The van der Waals surface area contributed by atoms with E-state index >= 15 is 0 Å². The van der Waals surface area contributed by atoms with Gasteiger partial charge in [-0.1, -0.05) is 6.42 Å². The highest BCUT2D eigenvalue weighted by atomic mass is 16.8. The smallest absolute Gasteiger partial charge is 0.308 e. The molecule has 4 aliphatic rings. The molecule has 25 heavy (non-hydrogen) atoms. The summed E-state index contributed by atoms with van der Waals surface area (Å²) in [5.74, 6) is -0.888. The molecular weight excluding hydrogens is 328 g/mol. The molecule has 0 amide bonds. The van der Waals surface area contributed by atoms with E-state index in [1.165, 1.54) is 13.5 Å².